The predicted molar refractivity (Wildman–Crippen MR) is 100 cm³/mol. The van der Waals surface area contributed by atoms with Crippen LogP contribution < -0.4 is 5.32 Å². The zero-order valence-electron chi connectivity index (χ0n) is 14.0. The molecule has 2 rings (SSSR count). The first kappa shape index (κ1) is 19.0. The molecule has 1 aromatic carbocycles. The van der Waals surface area contributed by atoms with Crippen LogP contribution in [0.5, 0.6) is 0 Å². The molecule has 1 N–H and O–H groups in total. The van der Waals surface area contributed by atoms with Crippen LogP contribution in [-0.2, 0) is 10.2 Å². The number of carbonyl (C=O) groups excluding carboxylic acids is 2. The lowest BCUT2D eigenvalue weighted by Gasteiger charge is -2.18. The van der Waals surface area contributed by atoms with E-state index in [0.29, 0.717) is 5.56 Å². The highest BCUT2D eigenvalue weighted by atomic mass is 32.2. The summed E-state index contributed by atoms with van der Waals surface area (Å²) in [6.45, 7) is 6.33. The monoisotopic (exact) mass is 381 g/mol. The van der Waals surface area contributed by atoms with Crippen molar-refractivity contribution in [1.29, 1.82) is 0 Å². The molecule has 5 nitrogen and oxygen atoms in total. The zero-order valence-corrected chi connectivity index (χ0v) is 16.4. The summed E-state index contributed by atoms with van der Waals surface area (Å²) in [4.78, 5) is 24.0. The van der Waals surface area contributed by atoms with E-state index in [1.807, 2.05) is 18.4 Å². The van der Waals surface area contributed by atoms with Crippen molar-refractivity contribution in [3.8, 4) is 0 Å². The first-order valence-electron chi connectivity index (χ1n) is 7.24. The number of amides is 2. The van der Waals surface area contributed by atoms with E-state index in [-0.39, 0.29) is 23.0 Å². The van der Waals surface area contributed by atoms with Crippen molar-refractivity contribution >= 4 is 46.7 Å². The van der Waals surface area contributed by atoms with Crippen molar-refractivity contribution < 1.29 is 9.59 Å². The van der Waals surface area contributed by atoms with Gasteiger partial charge >= 0.3 is 0 Å². The molecule has 0 aliphatic rings. The fraction of sp³-hybridized carbons (Fsp3) is 0.375. The van der Waals surface area contributed by atoms with Crippen LogP contribution in [0.1, 0.15) is 36.7 Å². The molecule has 24 heavy (non-hydrogen) atoms. The molecule has 128 valence electrons. The van der Waals surface area contributed by atoms with Crippen molar-refractivity contribution in [2.45, 2.75) is 34.9 Å². The lowest BCUT2D eigenvalue weighted by molar-refractivity contribution is -0.117. The third-order valence-corrected chi connectivity index (χ3v) is 6.19. The van der Waals surface area contributed by atoms with Gasteiger partial charge in [0.05, 0.1) is 5.75 Å². The number of aromatic nitrogens is 2. The van der Waals surface area contributed by atoms with Crippen molar-refractivity contribution in [3.05, 3.63) is 35.4 Å². The normalized spacial score (nSPS) is 11.3. The summed E-state index contributed by atoms with van der Waals surface area (Å²) in [5, 5.41) is 10.3. The lowest BCUT2D eigenvalue weighted by atomic mass is 9.87. The third kappa shape index (κ3) is 5.32. The second-order valence-electron chi connectivity index (χ2n) is 6.03. The molecule has 0 aliphatic heterocycles. The standard InChI is InChI=1S/C16H19N3O2S3/c1-16(2,3)11-7-5-10(6-8-11)13(21)17-12(20)9-23-15-19-18-14(22-4)24-15/h5-8H,9H2,1-4H3,(H,17,20,21). The van der Waals surface area contributed by atoms with Gasteiger partial charge in [-0.3, -0.25) is 14.9 Å². The van der Waals surface area contributed by atoms with E-state index in [0.717, 1.165) is 14.2 Å². The summed E-state index contributed by atoms with van der Waals surface area (Å²) in [6.07, 6.45) is 1.92. The molecule has 0 saturated carbocycles. The molecular formula is C16H19N3O2S3. The molecule has 8 heteroatoms. The Hall–Kier alpha value is -1.38. The number of benzene rings is 1. The minimum Gasteiger partial charge on any atom is -0.292 e. The molecule has 0 fully saturated rings. The van der Waals surface area contributed by atoms with Gasteiger partial charge in [-0.15, -0.1) is 10.2 Å². The maximum Gasteiger partial charge on any atom is 0.257 e. The Bertz CT molecular complexity index is 721. The van der Waals surface area contributed by atoms with Gasteiger partial charge in [-0.1, -0.05) is 67.8 Å². The van der Waals surface area contributed by atoms with Crippen LogP contribution in [0, 0.1) is 0 Å². The molecule has 0 radical (unpaired) electrons. The smallest absolute Gasteiger partial charge is 0.257 e. The van der Waals surface area contributed by atoms with Gasteiger partial charge in [0.1, 0.15) is 0 Å². The number of imide groups is 1. The van der Waals surface area contributed by atoms with Crippen LogP contribution in [0.25, 0.3) is 0 Å². The van der Waals surface area contributed by atoms with Gasteiger partial charge in [0.2, 0.25) is 5.91 Å². The predicted octanol–water partition coefficient (Wildman–Crippen LogP) is 3.61. The number of hydrogen-bond donors (Lipinski definition) is 1. The van der Waals surface area contributed by atoms with E-state index < -0.39 is 0 Å². The van der Waals surface area contributed by atoms with Gasteiger partial charge < -0.3 is 0 Å². The first-order valence-corrected chi connectivity index (χ1v) is 10.3. The quantitative estimate of drug-likeness (QED) is 0.798. The van der Waals surface area contributed by atoms with Gasteiger partial charge in [-0.2, -0.15) is 0 Å². The number of thioether (sulfide) groups is 2. The molecule has 0 atom stereocenters. The maximum atomic E-state index is 12.1. The topological polar surface area (TPSA) is 72.0 Å². The van der Waals surface area contributed by atoms with E-state index in [1.165, 1.54) is 34.9 Å². The highest BCUT2D eigenvalue weighted by molar-refractivity contribution is 8.03. The number of carbonyl (C=O) groups is 2. The van der Waals surface area contributed by atoms with E-state index >= 15 is 0 Å². The van der Waals surface area contributed by atoms with Crippen molar-refractivity contribution in [3.63, 3.8) is 0 Å². The van der Waals surface area contributed by atoms with Gasteiger partial charge in [-0.25, -0.2) is 0 Å². The van der Waals surface area contributed by atoms with Crippen molar-refractivity contribution in [2.75, 3.05) is 12.0 Å². The number of hydrogen-bond acceptors (Lipinski definition) is 7. The summed E-state index contributed by atoms with van der Waals surface area (Å²) < 4.78 is 1.57. The van der Waals surface area contributed by atoms with E-state index in [2.05, 4.69) is 36.3 Å². The Morgan fingerprint density at radius 2 is 1.75 bits per heavy atom. The van der Waals surface area contributed by atoms with Gasteiger partial charge in [0.25, 0.3) is 5.91 Å². The Balaban J connectivity index is 1.88. The first-order chi connectivity index (χ1) is 11.3. The molecule has 0 aliphatic carbocycles. The largest absolute Gasteiger partial charge is 0.292 e. The molecule has 0 unspecified atom stereocenters. The van der Waals surface area contributed by atoms with Gasteiger partial charge in [0.15, 0.2) is 8.68 Å². The molecule has 2 aromatic rings. The minimum absolute atomic E-state index is 0.0266. The van der Waals surface area contributed by atoms with Gasteiger partial charge in [-0.05, 0) is 29.4 Å². The minimum atomic E-state index is -0.386. The summed E-state index contributed by atoms with van der Waals surface area (Å²) in [5.74, 6) is -0.594. The van der Waals surface area contributed by atoms with E-state index in [9.17, 15) is 9.59 Å². The Kier molecular flexibility index (Phi) is 6.42. The highest BCUT2D eigenvalue weighted by Crippen LogP contribution is 2.27. The van der Waals surface area contributed by atoms with Crippen LogP contribution in [0.4, 0.5) is 0 Å². The van der Waals surface area contributed by atoms with Crippen LogP contribution >= 0.6 is 34.9 Å². The summed E-state index contributed by atoms with van der Waals surface area (Å²) >= 11 is 4.22. The van der Waals surface area contributed by atoms with Crippen molar-refractivity contribution in [1.82, 2.24) is 15.5 Å². The van der Waals surface area contributed by atoms with Gasteiger partial charge in [0, 0.05) is 5.56 Å². The van der Waals surface area contributed by atoms with Crippen LogP contribution in [0.2, 0.25) is 0 Å². The average Bonchev–Trinajstić information content (AvgIpc) is 3.00. The summed E-state index contributed by atoms with van der Waals surface area (Å²) in [7, 11) is 0. The molecule has 2 amide bonds. The summed E-state index contributed by atoms with van der Waals surface area (Å²) in [5.41, 5.74) is 1.64. The van der Waals surface area contributed by atoms with Crippen LogP contribution in [0.3, 0.4) is 0 Å². The van der Waals surface area contributed by atoms with Crippen LogP contribution in [0.15, 0.2) is 32.9 Å². The third-order valence-electron chi connectivity index (χ3n) is 3.16. The maximum absolute atomic E-state index is 12.1. The second kappa shape index (κ2) is 8.13. The highest BCUT2D eigenvalue weighted by Gasteiger charge is 2.16. The Morgan fingerprint density at radius 1 is 1.12 bits per heavy atom. The van der Waals surface area contributed by atoms with Crippen LogP contribution in [-0.4, -0.2) is 34.0 Å². The van der Waals surface area contributed by atoms with E-state index in [1.54, 1.807) is 12.1 Å². The zero-order chi connectivity index (χ0) is 17.7. The lowest BCUT2D eigenvalue weighted by Crippen LogP contribution is -2.31. The number of rotatable bonds is 5. The molecule has 1 heterocycles. The molecule has 0 bridgehead atoms. The molecule has 1 aromatic heterocycles. The molecule has 0 saturated heterocycles. The fourth-order valence-corrected chi connectivity index (χ4v) is 4.06. The number of nitrogens with zero attached hydrogens (tertiary/aromatic N) is 2. The fourth-order valence-electron chi connectivity index (χ4n) is 1.82. The van der Waals surface area contributed by atoms with E-state index in [4.69, 9.17) is 0 Å². The second-order valence-corrected chi connectivity index (χ2v) is 9.28. The summed E-state index contributed by atoms with van der Waals surface area (Å²) in [6, 6.07) is 7.32. The SMILES string of the molecule is CSc1nnc(SCC(=O)NC(=O)c2ccc(C(C)(C)C)cc2)s1. The number of nitrogens with one attached hydrogen (secondary N) is 1. The average molecular weight is 382 g/mol. The molecule has 0 spiro atoms. The molecular weight excluding hydrogens is 362 g/mol. The Labute approximate surface area is 154 Å². The Morgan fingerprint density at radius 3 is 2.29 bits per heavy atom. The van der Waals surface area contributed by atoms with Crippen molar-refractivity contribution in [2.24, 2.45) is 0 Å².